The van der Waals surface area contributed by atoms with Gasteiger partial charge in [-0.05, 0) is 62.6 Å². The first kappa shape index (κ1) is 14.1. The third kappa shape index (κ3) is 2.07. The van der Waals surface area contributed by atoms with Crippen molar-refractivity contribution in [2.75, 3.05) is 4.90 Å². The Morgan fingerprint density at radius 1 is 1.17 bits per heavy atom. The minimum atomic E-state index is 0.0857. The molecule has 1 atom stereocenters. The van der Waals surface area contributed by atoms with Crippen LogP contribution < -0.4 is 4.90 Å². The van der Waals surface area contributed by atoms with Crippen LogP contribution in [0.5, 0.6) is 0 Å². The number of para-hydroxylation sites is 1. The number of carbonyl (C=O) groups excluding carboxylic acids is 1. The van der Waals surface area contributed by atoms with Crippen molar-refractivity contribution in [2.24, 2.45) is 0 Å². The standard InChI is InChI=1S/C20H20N2O/c1-12-10-15-6-4-5-7-19(15)22(12)20(23)16-8-9-18-17(11-16)13(2)14(3)21-18/h4-9,11-12,21H,10H2,1-3H3/t12-/m0/s1. The molecule has 116 valence electrons. The first-order chi connectivity index (χ1) is 11.1. The molecule has 3 heteroatoms. The van der Waals surface area contributed by atoms with E-state index < -0.39 is 0 Å². The number of rotatable bonds is 1. The Morgan fingerprint density at radius 3 is 2.78 bits per heavy atom. The fourth-order valence-electron chi connectivity index (χ4n) is 3.61. The van der Waals surface area contributed by atoms with Crippen molar-refractivity contribution < 1.29 is 4.79 Å². The molecule has 23 heavy (non-hydrogen) atoms. The fraction of sp³-hybridized carbons (Fsp3) is 0.250. The summed E-state index contributed by atoms with van der Waals surface area (Å²) < 4.78 is 0. The molecule has 1 amide bonds. The molecule has 3 nitrogen and oxygen atoms in total. The lowest BCUT2D eigenvalue weighted by atomic mass is 10.1. The van der Waals surface area contributed by atoms with Gasteiger partial charge in [0, 0.05) is 33.9 Å². The number of hydrogen-bond acceptors (Lipinski definition) is 1. The third-order valence-corrected chi connectivity index (χ3v) is 4.98. The van der Waals surface area contributed by atoms with Crippen molar-refractivity contribution in [3.05, 3.63) is 64.8 Å². The number of anilines is 1. The Bertz CT molecular complexity index is 923. The van der Waals surface area contributed by atoms with E-state index in [0.29, 0.717) is 0 Å². The summed E-state index contributed by atoms with van der Waals surface area (Å²) in [5.41, 5.74) is 6.51. The molecule has 0 aliphatic carbocycles. The Labute approximate surface area is 135 Å². The lowest BCUT2D eigenvalue weighted by Gasteiger charge is -2.23. The van der Waals surface area contributed by atoms with Gasteiger partial charge in [0.15, 0.2) is 0 Å². The molecule has 1 aliphatic rings. The van der Waals surface area contributed by atoms with E-state index in [9.17, 15) is 4.79 Å². The van der Waals surface area contributed by atoms with Crippen molar-refractivity contribution in [1.82, 2.24) is 4.98 Å². The normalized spacial score (nSPS) is 16.8. The van der Waals surface area contributed by atoms with E-state index in [0.717, 1.165) is 34.3 Å². The molecule has 0 saturated carbocycles. The van der Waals surface area contributed by atoms with E-state index in [-0.39, 0.29) is 11.9 Å². The van der Waals surface area contributed by atoms with Crippen LogP contribution in [0.4, 0.5) is 5.69 Å². The highest BCUT2D eigenvalue weighted by Crippen LogP contribution is 2.33. The number of carbonyl (C=O) groups is 1. The van der Waals surface area contributed by atoms with Crippen molar-refractivity contribution in [3.63, 3.8) is 0 Å². The zero-order valence-electron chi connectivity index (χ0n) is 13.7. The molecule has 2 aromatic carbocycles. The summed E-state index contributed by atoms with van der Waals surface area (Å²) in [6.45, 7) is 6.27. The largest absolute Gasteiger partial charge is 0.358 e. The van der Waals surface area contributed by atoms with Crippen molar-refractivity contribution in [2.45, 2.75) is 33.2 Å². The predicted octanol–water partition coefficient (Wildman–Crippen LogP) is 4.38. The summed E-state index contributed by atoms with van der Waals surface area (Å²) in [5, 5.41) is 1.13. The minimum absolute atomic E-state index is 0.0857. The molecule has 2 heterocycles. The molecule has 0 unspecified atom stereocenters. The zero-order valence-corrected chi connectivity index (χ0v) is 13.7. The van der Waals surface area contributed by atoms with E-state index in [1.165, 1.54) is 11.1 Å². The van der Waals surface area contributed by atoms with Gasteiger partial charge in [-0.15, -0.1) is 0 Å². The molecule has 4 rings (SSSR count). The maximum atomic E-state index is 13.1. The van der Waals surface area contributed by atoms with E-state index in [2.05, 4.69) is 31.8 Å². The molecule has 1 N–H and O–H groups in total. The molecular formula is C20H20N2O. The lowest BCUT2D eigenvalue weighted by Crippen LogP contribution is -2.35. The molecule has 0 fully saturated rings. The van der Waals surface area contributed by atoms with E-state index in [1.54, 1.807) is 0 Å². The Hall–Kier alpha value is -2.55. The topological polar surface area (TPSA) is 36.1 Å². The van der Waals surface area contributed by atoms with Gasteiger partial charge in [0.25, 0.3) is 5.91 Å². The first-order valence-corrected chi connectivity index (χ1v) is 8.06. The van der Waals surface area contributed by atoms with Crippen LogP contribution in [-0.4, -0.2) is 16.9 Å². The van der Waals surface area contributed by atoms with Crippen LogP contribution in [0.25, 0.3) is 10.9 Å². The van der Waals surface area contributed by atoms with E-state index >= 15 is 0 Å². The maximum Gasteiger partial charge on any atom is 0.258 e. The summed E-state index contributed by atoms with van der Waals surface area (Å²) in [4.78, 5) is 18.4. The van der Waals surface area contributed by atoms with Gasteiger partial charge in [0.1, 0.15) is 0 Å². The highest BCUT2D eigenvalue weighted by molar-refractivity contribution is 6.09. The van der Waals surface area contributed by atoms with E-state index in [1.807, 2.05) is 41.3 Å². The van der Waals surface area contributed by atoms with Gasteiger partial charge < -0.3 is 9.88 Å². The van der Waals surface area contributed by atoms with Gasteiger partial charge in [-0.3, -0.25) is 4.79 Å². The molecule has 0 radical (unpaired) electrons. The van der Waals surface area contributed by atoms with Crippen LogP contribution in [0.3, 0.4) is 0 Å². The van der Waals surface area contributed by atoms with Gasteiger partial charge >= 0.3 is 0 Å². The Morgan fingerprint density at radius 2 is 1.96 bits per heavy atom. The molecule has 0 bridgehead atoms. The van der Waals surface area contributed by atoms with Gasteiger partial charge in [0.05, 0.1) is 0 Å². The number of hydrogen-bond donors (Lipinski definition) is 1. The molecule has 0 spiro atoms. The van der Waals surface area contributed by atoms with Gasteiger partial charge in [-0.25, -0.2) is 0 Å². The number of aromatic amines is 1. The number of benzene rings is 2. The van der Waals surface area contributed by atoms with Crippen LogP contribution in [-0.2, 0) is 6.42 Å². The predicted molar refractivity (Wildman–Crippen MR) is 94.2 cm³/mol. The van der Waals surface area contributed by atoms with Crippen molar-refractivity contribution >= 4 is 22.5 Å². The zero-order chi connectivity index (χ0) is 16.1. The average molecular weight is 304 g/mol. The Kier molecular flexibility index (Phi) is 3.05. The second-order valence-electron chi connectivity index (χ2n) is 6.49. The van der Waals surface area contributed by atoms with Gasteiger partial charge in [0.2, 0.25) is 0 Å². The number of aromatic nitrogens is 1. The third-order valence-electron chi connectivity index (χ3n) is 4.98. The highest BCUT2D eigenvalue weighted by atomic mass is 16.2. The van der Waals surface area contributed by atoms with Crippen LogP contribution in [0.2, 0.25) is 0 Å². The van der Waals surface area contributed by atoms with Gasteiger partial charge in [-0.1, -0.05) is 18.2 Å². The second kappa shape index (κ2) is 4.98. The quantitative estimate of drug-likeness (QED) is 0.711. The minimum Gasteiger partial charge on any atom is -0.358 e. The SMILES string of the molecule is Cc1[nH]c2ccc(C(=O)N3c4ccccc4C[C@@H]3C)cc2c1C. The molecule has 0 saturated heterocycles. The van der Waals surface area contributed by atoms with Crippen LogP contribution in [0, 0.1) is 13.8 Å². The number of amides is 1. The fourth-order valence-corrected chi connectivity index (χ4v) is 3.61. The number of nitrogens with one attached hydrogen (secondary N) is 1. The summed E-state index contributed by atoms with van der Waals surface area (Å²) in [7, 11) is 0. The smallest absolute Gasteiger partial charge is 0.258 e. The highest BCUT2D eigenvalue weighted by Gasteiger charge is 2.31. The van der Waals surface area contributed by atoms with Crippen molar-refractivity contribution in [1.29, 1.82) is 0 Å². The first-order valence-electron chi connectivity index (χ1n) is 8.06. The number of fused-ring (bicyclic) bond motifs is 2. The van der Waals surface area contributed by atoms with Crippen LogP contribution >= 0.6 is 0 Å². The lowest BCUT2D eigenvalue weighted by molar-refractivity contribution is 0.0981. The summed E-state index contributed by atoms with van der Waals surface area (Å²) in [6.07, 6.45) is 0.923. The summed E-state index contributed by atoms with van der Waals surface area (Å²) in [5.74, 6) is 0.0857. The summed E-state index contributed by atoms with van der Waals surface area (Å²) in [6, 6.07) is 14.3. The monoisotopic (exact) mass is 304 g/mol. The second-order valence-corrected chi connectivity index (χ2v) is 6.49. The van der Waals surface area contributed by atoms with E-state index in [4.69, 9.17) is 0 Å². The summed E-state index contributed by atoms with van der Waals surface area (Å²) >= 11 is 0. The Balaban J connectivity index is 1.79. The van der Waals surface area contributed by atoms with Gasteiger partial charge in [-0.2, -0.15) is 0 Å². The van der Waals surface area contributed by atoms with Crippen molar-refractivity contribution in [3.8, 4) is 0 Å². The van der Waals surface area contributed by atoms with Crippen LogP contribution in [0.1, 0.15) is 34.1 Å². The molecule has 1 aliphatic heterocycles. The molecule has 3 aromatic rings. The number of H-pyrrole nitrogens is 1. The average Bonchev–Trinajstić information content (AvgIpc) is 3.03. The number of aryl methyl sites for hydroxylation is 2. The molecular weight excluding hydrogens is 284 g/mol. The molecule has 1 aromatic heterocycles. The maximum absolute atomic E-state index is 13.1. The number of nitrogens with zero attached hydrogens (tertiary/aromatic N) is 1. The van der Waals surface area contributed by atoms with Crippen LogP contribution in [0.15, 0.2) is 42.5 Å².